The first-order valence-corrected chi connectivity index (χ1v) is 13.6. The lowest BCUT2D eigenvalue weighted by Crippen LogP contribution is -2.24. The maximum Gasteiger partial charge on any atom is 0.338 e. The second kappa shape index (κ2) is 12.8. The van der Waals surface area contributed by atoms with Gasteiger partial charge in [-0.3, -0.25) is 9.59 Å². The summed E-state index contributed by atoms with van der Waals surface area (Å²) in [6.07, 6.45) is 5.65. The Morgan fingerprint density at radius 3 is 2.64 bits per heavy atom. The molecule has 0 N–H and O–H groups in total. The molecule has 2 aromatic rings. The van der Waals surface area contributed by atoms with Crippen molar-refractivity contribution in [1.82, 2.24) is 0 Å². The van der Waals surface area contributed by atoms with E-state index in [4.69, 9.17) is 14.2 Å². The van der Waals surface area contributed by atoms with E-state index in [-0.39, 0.29) is 41.6 Å². The first-order valence-electron chi connectivity index (χ1n) is 13.6. The third-order valence-corrected chi connectivity index (χ3v) is 7.62. The smallest absolute Gasteiger partial charge is 0.338 e. The molecule has 1 heterocycles. The number of carbonyl (C=O) groups excluding carboxylic acids is 3. The Morgan fingerprint density at radius 1 is 1.15 bits per heavy atom. The summed E-state index contributed by atoms with van der Waals surface area (Å²) in [5.74, 6) is 5.57. The number of carbonyl (C=O) groups is 3. The van der Waals surface area contributed by atoms with Gasteiger partial charge in [-0.2, -0.15) is 0 Å². The third kappa shape index (κ3) is 6.60. The molecule has 0 amide bonds. The molecular formula is C33H36O6. The van der Waals surface area contributed by atoms with Crippen LogP contribution in [0.25, 0.3) is 0 Å². The number of esters is 2. The van der Waals surface area contributed by atoms with Crippen LogP contribution in [0.5, 0.6) is 5.75 Å². The van der Waals surface area contributed by atoms with Crippen LogP contribution in [0.2, 0.25) is 0 Å². The molecule has 2 aromatic carbocycles. The second-order valence-corrected chi connectivity index (χ2v) is 10.4. The van der Waals surface area contributed by atoms with E-state index in [0.717, 1.165) is 22.4 Å². The van der Waals surface area contributed by atoms with E-state index in [2.05, 4.69) is 17.9 Å². The molecule has 0 radical (unpaired) electrons. The van der Waals surface area contributed by atoms with Gasteiger partial charge in [0.25, 0.3) is 0 Å². The van der Waals surface area contributed by atoms with E-state index < -0.39 is 6.10 Å². The number of fused-ring (bicyclic) bond motifs is 3. The Hall–Kier alpha value is -3.85. The molecule has 39 heavy (non-hydrogen) atoms. The van der Waals surface area contributed by atoms with Crippen molar-refractivity contribution in [2.45, 2.75) is 71.0 Å². The molecule has 0 saturated heterocycles. The van der Waals surface area contributed by atoms with Crippen molar-refractivity contribution in [2.75, 3.05) is 7.11 Å². The van der Waals surface area contributed by atoms with Gasteiger partial charge in [0.2, 0.25) is 0 Å². The van der Waals surface area contributed by atoms with E-state index in [1.165, 1.54) is 7.11 Å². The fourth-order valence-electron chi connectivity index (χ4n) is 5.42. The summed E-state index contributed by atoms with van der Waals surface area (Å²) in [6, 6.07) is 13.4. The zero-order valence-electron chi connectivity index (χ0n) is 23.1. The van der Waals surface area contributed by atoms with Gasteiger partial charge in [-0.15, -0.1) is 11.8 Å². The van der Waals surface area contributed by atoms with Crippen LogP contribution in [0.3, 0.4) is 0 Å². The van der Waals surface area contributed by atoms with Crippen LogP contribution in [-0.2, 0) is 25.5 Å². The lowest BCUT2D eigenvalue weighted by molar-refractivity contribution is -0.140. The number of aryl methyl sites for hydroxylation is 2. The van der Waals surface area contributed by atoms with Crippen LogP contribution in [0, 0.1) is 30.6 Å². The molecule has 1 unspecified atom stereocenters. The highest BCUT2D eigenvalue weighted by Crippen LogP contribution is 2.53. The summed E-state index contributed by atoms with van der Waals surface area (Å²) in [7, 11) is 1.39. The zero-order valence-corrected chi connectivity index (χ0v) is 23.1. The Bertz CT molecular complexity index is 1300. The van der Waals surface area contributed by atoms with Crippen LogP contribution in [0.15, 0.2) is 54.6 Å². The number of benzene rings is 2. The topological polar surface area (TPSA) is 78.9 Å². The number of hydrogen-bond acceptors (Lipinski definition) is 6. The monoisotopic (exact) mass is 528 g/mol. The van der Waals surface area contributed by atoms with Crippen molar-refractivity contribution >= 4 is 17.7 Å². The van der Waals surface area contributed by atoms with Crippen molar-refractivity contribution in [3.63, 3.8) is 0 Å². The highest BCUT2D eigenvalue weighted by molar-refractivity contribution is 5.92. The SMILES string of the molecule is CC#CCC(C)C(=O)/C=C/[C@@H]1[C@H]2c3cccc(CCCC(=O)OC)c3O[C@H]2C[C@H]1OC(=O)c1ccc(C)cc1. The van der Waals surface area contributed by atoms with Gasteiger partial charge in [-0.05, 0) is 50.5 Å². The molecule has 5 atom stereocenters. The summed E-state index contributed by atoms with van der Waals surface area (Å²) in [4.78, 5) is 37.5. The van der Waals surface area contributed by atoms with Gasteiger partial charge in [0.1, 0.15) is 18.0 Å². The van der Waals surface area contributed by atoms with Crippen molar-refractivity contribution < 1.29 is 28.6 Å². The first-order chi connectivity index (χ1) is 18.8. The highest BCUT2D eigenvalue weighted by atomic mass is 16.6. The van der Waals surface area contributed by atoms with E-state index in [1.807, 2.05) is 44.2 Å². The lowest BCUT2D eigenvalue weighted by Gasteiger charge is -2.22. The lowest BCUT2D eigenvalue weighted by atomic mass is 9.86. The molecule has 1 aliphatic carbocycles. The largest absolute Gasteiger partial charge is 0.489 e. The number of ether oxygens (including phenoxy) is 3. The van der Waals surface area contributed by atoms with E-state index in [1.54, 1.807) is 25.1 Å². The van der Waals surface area contributed by atoms with Gasteiger partial charge in [0.15, 0.2) is 5.78 Å². The number of allylic oxidation sites excluding steroid dienone is 1. The van der Waals surface area contributed by atoms with Gasteiger partial charge in [0, 0.05) is 42.6 Å². The van der Waals surface area contributed by atoms with Crippen LogP contribution < -0.4 is 4.74 Å². The molecule has 0 bridgehead atoms. The van der Waals surface area contributed by atoms with Crippen molar-refractivity contribution in [3.8, 4) is 17.6 Å². The van der Waals surface area contributed by atoms with Crippen LogP contribution in [0.1, 0.15) is 72.5 Å². The molecule has 2 aliphatic rings. The van der Waals surface area contributed by atoms with Crippen molar-refractivity contribution in [1.29, 1.82) is 0 Å². The first kappa shape index (κ1) is 28.2. The van der Waals surface area contributed by atoms with Crippen LogP contribution in [0.4, 0.5) is 0 Å². The van der Waals surface area contributed by atoms with Gasteiger partial charge in [-0.1, -0.05) is 48.9 Å². The number of methoxy groups -OCH3 is 1. The minimum Gasteiger partial charge on any atom is -0.489 e. The Labute approximate surface area is 230 Å². The Balaban J connectivity index is 1.58. The molecule has 204 valence electrons. The number of hydrogen-bond donors (Lipinski definition) is 0. The van der Waals surface area contributed by atoms with E-state index >= 15 is 0 Å². The maximum atomic E-state index is 13.0. The second-order valence-electron chi connectivity index (χ2n) is 10.4. The summed E-state index contributed by atoms with van der Waals surface area (Å²) in [6.45, 7) is 5.61. The molecule has 1 aliphatic heterocycles. The molecule has 1 fully saturated rings. The van der Waals surface area contributed by atoms with Crippen LogP contribution >= 0.6 is 0 Å². The number of ketones is 1. The molecular weight excluding hydrogens is 492 g/mol. The molecule has 6 nitrogen and oxygen atoms in total. The molecule has 6 heteroatoms. The summed E-state index contributed by atoms with van der Waals surface area (Å²) in [5.41, 5.74) is 3.66. The standard InChI is InChI=1S/C33H36O6/c1-5-6-9-22(3)27(34)19-18-25-28(39-33(36)24-16-14-21(2)15-17-24)20-29-31(25)26-12-7-10-23(32(26)38-29)11-8-13-30(35)37-4/h7,10,12,14-19,22,25,28-29,31H,8-9,11,13,20H2,1-4H3/b19-18+/t22?,25-,28+,29-,31-/m0/s1. The minimum absolute atomic E-state index is 0.000473. The molecule has 0 aromatic heterocycles. The van der Waals surface area contributed by atoms with Crippen molar-refractivity contribution in [3.05, 3.63) is 76.9 Å². The van der Waals surface area contributed by atoms with Gasteiger partial charge < -0.3 is 14.2 Å². The van der Waals surface area contributed by atoms with E-state index in [9.17, 15) is 14.4 Å². The van der Waals surface area contributed by atoms with E-state index in [0.29, 0.717) is 37.7 Å². The fourth-order valence-corrected chi connectivity index (χ4v) is 5.42. The van der Waals surface area contributed by atoms with Crippen molar-refractivity contribution in [2.24, 2.45) is 11.8 Å². The van der Waals surface area contributed by atoms with Gasteiger partial charge in [-0.25, -0.2) is 4.79 Å². The average molecular weight is 529 g/mol. The fraction of sp³-hybridized carbons (Fsp3) is 0.424. The number of para-hydroxylation sites is 1. The van der Waals surface area contributed by atoms with Crippen LogP contribution in [-0.4, -0.2) is 37.0 Å². The Kier molecular flexibility index (Phi) is 9.24. The molecule has 4 rings (SSSR count). The summed E-state index contributed by atoms with van der Waals surface area (Å²) >= 11 is 0. The number of rotatable bonds is 10. The summed E-state index contributed by atoms with van der Waals surface area (Å²) in [5, 5.41) is 0. The highest BCUT2D eigenvalue weighted by Gasteiger charge is 2.51. The Morgan fingerprint density at radius 2 is 1.92 bits per heavy atom. The normalized spacial score (nSPS) is 21.7. The molecule has 1 saturated carbocycles. The quantitative estimate of drug-likeness (QED) is 0.222. The zero-order chi connectivity index (χ0) is 27.9. The third-order valence-electron chi connectivity index (χ3n) is 7.62. The predicted octanol–water partition coefficient (Wildman–Crippen LogP) is 5.76. The average Bonchev–Trinajstić information content (AvgIpc) is 3.46. The predicted molar refractivity (Wildman–Crippen MR) is 148 cm³/mol. The van der Waals surface area contributed by atoms with Gasteiger partial charge in [0.05, 0.1) is 12.7 Å². The summed E-state index contributed by atoms with van der Waals surface area (Å²) < 4.78 is 17.3. The minimum atomic E-state index is -0.431. The maximum absolute atomic E-state index is 13.0. The molecule has 0 spiro atoms. The van der Waals surface area contributed by atoms with Gasteiger partial charge >= 0.3 is 11.9 Å².